The molecule has 7 heteroatoms. The lowest BCUT2D eigenvalue weighted by molar-refractivity contribution is 0.736. The van der Waals surface area contributed by atoms with E-state index in [9.17, 15) is 0 Å². The molecule has 4 rings (SSSR count). The van der Waals surface area contributed by atoms with Gasteiger partial charge in [0.05, 0.1) is 0 Å². The number of nitrogens with one attached hydrogen (secondary N) is 2. The summed E-state index contributed by atoms with van der Waals surface area (Å²) in [7, 11) is 0. The maximum Gasteiger partial charge on any atom is 0.200 e. The quantitative estimate of drug-likeness (QED) is 0.770. The van der Waals surface area contributed by atoms with Crippen molar-refractivity contribution >= 4 is 22.8 Å². The third kappa shape index (κ3) is 2.69. The fourth-order valence-electron chi connectivity index (χ4n) is 2.86. The first kappa shape index (κ1) is 13.0. The highest BCUT2D eigenvalue weighted by Gasteiger charge is 2.14. The molecule has 1 fully saturated rings. The first-order valence-electron chi connectivity index (χ1n) is 7.56. The number of fused-ring (bicyclic) bond motifs is 1. The summed E-state index contributed by atoms with van der Waals surface area (Å²) in [5, 5.41) is 22.4. The molecule has 2 aromatic heterocycles. The number of nitrogens with zero attached hydrogens (tertiary/aromatic N) is 5. The molecule has 1 aliphatic rings. The second kappa shape index (κ2) is 5.59. The second-order valence-electron chi connectivity index (χ2n) is 5.58. The maximum atomic E-state index is 4.31. The van der Waals surface area contributed by atoms with Crippen molar-refractivity contribution < 1.29 is 0 Å². The molecule has 2 N–H and O–H groups in total. The van der Waals surface area contributed by atoms with Gasteiger partial charge in [-0.2, -0.15) is 0 Å². The highest BCUT2D eigenvalue weighted by atomic mass is 15.6. The molecular formula is C15H17N7. The first-order valence-corrected chi connectivity index (χ1v) is 7.56. The monoisotopic (exact) mass is 295 g/mol. The average Bonchev–Trinajstić information content (AvgIpc) is 3.18. The Labute approximate surface area is 127 Å². The summed E-state index contributed by atoms with van der Waals surface area (Å²) in [5.74, 6) is 0.706. The topological polar surface area (TPSA) is 80.0 Å². The first-order chi connectivity index (χ1) is 10.9. The highest BCUT2D eigenvalue weighted by molar-refractivity contribution is 5.63. The van der Waals surface area contributed by atoms with Gasteiger partial charge in [0, 0.05) is 17.4 Å². The Morgan fingerprint density at radius 3 is 2.82 bits per heavy atom. The molecule has 0 atom stereocenters. The van der Waals surface area contributed by atoms with Gasteiger partial charge in [0.2, 0.25) is 0 Å². The summed E-state index contributed by atoms with van der Waals surface area (Å²) in [6.07, 6.45) is 5.17. The van der Waals surface area contributed by atoms with Crippen LogP contribution in [-0.2, 0) is 0 Å². The summed E-state index contributed by atoms with van der Waals surface area (Å²) in [6, 6.07) is 12.6. The number of aromatic nitrogens is 5. The van der Waals surface area contributed by atoms with Gasteiger partial charge in [0.15, 0.2) is 11.5 Å². The normalized spacial score (nSPS) is 15.3. The standard InChI is InChI=1S/C15H17N7/c1-2-5-11(4-1)16-12-6-3-7-13(10-12)17-14-8-9-15-18-20-21-22(15)19-14/h3,6-11,16H,1-2,4-5H2,(H,17,19). The molecule has 1 aliphatic carbocycles. The van der Waals surface area contributed by atoms with Crippen LogP contribution in [0.2, 0.25) is 0 Å². The van der Waals surface area contributed by atoms with Crippen LogP contribution < -0.4 is 10.6 Å². The Balaban J connectivity index is 1.51. The van der Waals surface area contributed by atoms with Gasteiger partial charge in [-0.3, -0.25) is 0 Å². The van der Waals surface area contributed by atoms with E-state index in [-0.39, 0.29) is 0 Å². The molecular weight excluding hydrogens is 278 g/mol. The molecule has 0 amide bonds. The van der Waals surface area contributed by atoms with Crippen molar-refractivity contribution in [2.24, 2.45) is 0 Å². The van der Waals surface area contributed by atoms with Crippen LogP contribution in [0.4, 0.5) is 17.2 Å². The van der Waals surface area contributed by atoms with Gasteiger partial charge < -0.3 is 10.6 Å². The van der Waals surface area contributed by atoms with Crippen molar-refractivity contribution in [3.63, 3.8) is 0 Å². The zero-order chi connectivity index (χ0) is 14.8. The number of rotatable bonds is 4. The fraction of sp³-hybridized carbons (Fsp3) is 0.333. The van der Waals surface area contributed by atoms with E-state index in [0.29, 0.717) is 17.5 Å². The molecule has 2 heterocycles. The largest absolute Gasteiger partial charge is 0.382 e. The zero-order valence-electron chi connectivity index (χ0n) is 12.1. The van der Waals surface area contributed by atoms with Gasteiger partial charge in [-0.05, 0) is 53.6 Å². The van der Waals surface area contributed by atoms with Crippen molar-refractivity contribution in [2.75, 3.05) is 10.6 Å². The van der Waals surface area contributed by atoms with Crippen LogP contribution in [0.3, 0.4) is 0 Å². The van der Waals surface area contributed by atoms with Gasteiger partial charge in [-0.1, -0.05) is 18.9 Å². The predicted molar refractivity (Wildman–Crippen MR) is 84.2 cm³/mol. The van der Waals surface area contributed by atoms with E-state index < -0.39 is 0 Å². The van der Waals surface area contributed by atoms with E-state index >= 15 is 0 Å². The molecule has 7 nitrogen and oxygen atoms in total. The van der Waals surface area contributed by atoms with Crippen molar-refractivity contribution in [3.8, 4) is 0 Å². The van der Waals surface area contributed by atoms with Crippen LogP contribution in [0.25, 0.3) is 5.65 Å². The zero-order valence-corrected chi connectivity index (χ0v) is 12.1. The summed E-state index contributed by atoms with van der Waals surface area (Å²) in [4.78, 5) is 0. The van der Waals surface area contributed by atoms with Crippen molar-refractivity contribution in [1.82, 2.24) is 25.3 Å². The lowest BCUT2D eigenvalue weighted by Gasteiger charge is -2.14. The maximum absolute atomic E-state index is 4.31. The molecule has 1 saturated carbocycles. The molecule has 1 aromatic carbocycles. The minimum atomic E-state index is 0.603. The minimum Gasteiger partial charge on any atom is -0.382 e. The van der Waals surface area contributed by atoms with Crippen LogP contribution in [0, 0.1) is 0 Å². The number of hydrogen-bond acceptors (Lipinski definition) is 6. The van der Waals surface area contributed by atoms with E-state index in [4.69, 9.17) is 0 Å². The molecule has 3 aromatic rings. The van der Waals surface area contributed by atoms with Crippen molar-refractivity contribution in [1.29, 1.82) is 0 Å². The third-order valence-corrected chi connectivity index (χ3v) is 3.93. The Morgan fingerprint density at radius 1 is 1.05 bits per heavy atom. The molecule has 0 radical (unpaired) electrons. The third-order valence-electron chi connectivity index (χ3n) is 3.93. The summed E-state index contributed by atoms with van der Waals surface area (Å²) >= 11 is 0. The lowest BCUT2D eigenvalue weighted by atomic mass is 10.2. The SMILES string of the molecule is c1cc(Nc2ccc3nnnn3n2)cc(NC2CCCC2)c1. The van der Waals surface area contributed by atoms with Crippen molar-refractivity contribution in [3.05, 3.63) is 36.4 Å². The van der Waals surface area contributed by atoms with Crippen molar-refractivity contribution in [2.45, 2.75) is 31.7 Å². The lowest BCUT2D eigenvalue weighted by Crippen LogP contribution is -2.14. The highest BCUT2D eigenvalue weighted by Crippen LogP contribution is 2.24. The summed E-state index contributed by atoms with van der Waals surface area (Å²) < 4.78 is 1.41. The van der Waals surface area contributed by atoms with Gasteiger partial charge in [-0.25, -0.2) is 0 Å². The molecule has 22 heavy (non-hydrogen) atoms. The molecule has 0 aliphatic heterocycles. The predicted octanol–water partition coefficient (Wildman–Crippen LogP) is 2.62. The Morgan fingerprint density at radius 2 is 1.91 bits per heavy atom. The van der Waals surface area contributed by atoms with E-state index in [1.54, 1.807) is 0 Å². The number of hydrogen-bond donors (Lipinski definition) is 2. The molecule has 0 unspecified atom stereocenters. The molecule has 0 bridgehead atoms. The van der Waals surface area contributed by atoms with Gasteiger partial charge in [0.1, 0.15) is 0 Å². The summed E-state index contributed by atoms with van der Waals surface area (Å²) in [5.41, 5.74) is 2.76. The Hall–Kier alpha value is -2.70. The molecule has 112 valence electrons. The Kier molecular flexibility index (Phi) is 3.30. The van der Waals surface area contributed by atoms with E-state index in [2.05, 4.69) is 43.4 Å². The van der Waals surface area contributed by atoms with Gasteiger partial charge in [0.25, 0.3) is 0 Å². The fourth-order valence-corrected chi connectivity index (χ4v) is 2.86. The van der Waals surface area contributed by atoms with E-state index in [1.807, 2.05) is 24.3 Å². The van der Waals surface area contributed by atoms with E-state index in [0.717, 1.165) is 11.4 Å². The van der Waals surface area contributed by atoms with Crippen LogP contribution in [0.1, 0.15) is 25.7 Å². The average molecular weight is 295 g/mol. The van der Waals surface area contributed by atoms with Crippen LogP contribution in [0.15, 0.2) is 36.4 Å². The Bertz CT molecular complexity index is 776. The minimum absolute atomic E-state index is 0.603. The summed E-state index contributed by atoms with van der Waals surface area (Å²) in [6.45, 7) is 0. The number of anilines is 3. The van der Waals surface area contributed by atoms with Crippen LogP contribution >= 0.6 is 0 Å². The molecule has 0 saturated heterocycles. The second-order valence-corrected chi connectivity index (χ2v) is 5.58. The number of tetrazole rings is 1. The van der Waals surface area contributed by atoms with E-state index in [1.165, 1.54) is 30.3 Å². The van der Waals surface area contributed by atoms with Crippen LogP contribution in [-0.4, -0.2) is 31.3 Å². The van der Waals surface area contributed by atoms with Crippen LogP contribution in [0.5, 0.6) is 0 Å². The molecule has 0 spiro atoms. The van der Waals surface area contributed by atoms with Gasteiger partial charge >= 0.3 is 0 Å². The number of benzene rings is 1. The smallest absolute Gasteiger partial charge is 0.200 e. The van der Waals surface area contributed by atoms with Gasteiger partial charge in [-0.15, -0.1) is 14.8 Å².